The van der Waals surface area contributed by atoms with Crippen molar-refractivity contribution in [2.45, 2.75) is 18.0 Å². The SMILES string of the molecule is COCCN(Cc1ccco1)C(=O)c1cccc(S(=O)(=O)N2CCN(Cc3ccccc3)CC2)c1. The Kier molecular flexibility index (Phi) is 8.35. The van der Waals surface area contributed by atoms with E-state index in [4.69, 9.17) is 9.15 Å². The van der Waals surface area contributed by atoms with Crippen LogP contribution in [0.25, 0.3) is 0 Å². The van der Waals surface area contributed by atoms with Crippen molar-refractivity contribution in [3.05, 3.63) is 89.9 Å². The molecule has 1 fully saturated rings. The maximum Gasteiger partial charge on any atom is 0.254 e. The van der Waals surface area contributed by atoms with Crippen LogP contribution in [-0.4, -0.2) is 74.9 Å². The lowest BCUT2D eigenvalue weighted by Gasteiger charge is -2.34. The highest BCUT2D eigenvalue weighted by Gasteiger charge is 2.29. The molecular weight excluding hydrogens is 466 g/mol. The molecule has 0 unspecified atom stereocenters. The van der Waals surface area contributed by atoms with Gasteiger partial charge in [-0.3, -0.25) is 9.69 Å². The summed E-state index contributed by atoms with van der Waals surface area (Å²) in [7, 11) is -2.14. The van der Waals surface area contributed by atoms with Gasteiger partial charge in [-0.25, -0.2) is 8.42 Å². The second kappa shape index (κ2) is 11.6. The molecule has 1 saturated heterocycles. The summed E-state index contributed by atoms with van der Waals surface area (Å²) in [6.45, 7) is 3.91. The highest BCUT2D eigenvalue weighted by atomic mass is 32.2. The van der Waals surface area contributed by atoms with Crippen molar-refractivity contribution in [2.75, 3.05) is 46.4 Å². The van der Waals surface area contributed by atoms with Crippen molar-refractivity contribution in [1.29, 1.82) is 0 Å². The molecule has 0 bridgehead atoms. The molecule has 1 amide bonds. The number of furan rings is 1. The quantitative estimate of drug-likeness (QED) is 0.428. The fourth-order valence-corrected chi connectivity index (χ4v) is 5.60. The summed E-state index contributed by atoms with van der Waals surface area (Å²) < 4.78 is 38.8. The van der Waals surface area contributed by atoms with E-state index in [0.29, 0.717) is 50.7 Å². The van der Waals surface area contributed by atoms with Crippen molar-refractivity contribution in [2.24, 2.45) is 0 Å². The summed E-state index contributed by atoms with van der Waals surface area (Å²) in [4.78, 5) is 17.2. The van der Waals surface area contributed by atoms with Gasteiger partial charge in [-0.1, -0.05) is 36.4 Å². The fourth-order valence-electron chi connectivity index (χ4n) is 4.14. The number of sulfonamides is 1. The molecule has 1 aliphatic heterocycles. The summed E-state index contributed by atoms with van der Waals surface area (Å²) in [5, 5.41) is 0. The molecule has 2 aromatic carbocycles. The Bertz CT molecular complexity index is 1190. The number of piperazine rings is 1. The van der Waals surface area contributed by atoms with Crippen molar-refractivity contribution in [3.63, 3.8) is 0 Å². The number of hydrogen-bond acceptors (Lipinski definition) is 6. The van der Waals surface area contributed by atoms with Gasteiger partial charge in [0.1, 0.15) is 5.76 Å². The van der Waals surface area contributed by atoms with Crippen molar-refractivity contribution >= 4 is 15.9 Å². The normalized spacial score (nSPS) is 15.2. The van der Waals surface area contributed by atoms with Crippen molar-refractivity contribution in [1.82, 2.24) is 14.1 Å². The number of carbonyl (C=O) groups is 1. The van der Waals surface area contributed by atoms with Gasteiger partial charge < -0.3 is 14.1 Å². The first-order valence-corrected chi connectivity index (χ1v) is 13.1. The zero-order valence-electron chi connectivity index (χ0n) is 19.9. The summed E-state index contributed by atoms with van der Waals surface area (Å²) >= 11 is 0. The Balaban J connectivity index is 1.44. The van der Waals surface area contributed by atoms with Crippen LogP contribution in [0.5, 0.6) is 0 Å². The van der Waals surface area contributed by atoms with Crippen LogP contribution in [0.1, 0.15) is 21.7 Å². The predicted molar refractivity (Wildman–Crippen MR) is 132 cm³/mol. The fraction of sp³-hybridized carbons (Fsp3) is 0.346. The number of carbonyl (C=O) groups excluding carboxylic acids is 1. The highest BCUT2D eigenvalue weighted by Crippen LogP contribution is 2.21. The van der Waals surface area contributed by atoms with Crippen LogP contribution >= 0.6 is 0 Å². The van der Waals surface area contributed by atoms with Gasteiger partial charge in [0.05, 0.1) is 24.3 Å². The summed E-state index contributed by atoms with van der Waals surface area (Å²) in [6.07, 6.45) is 1.56. The molecule has 0 atom stereocenters. The van der Waals surface area contributed by atoms with Crippen LogP contribution < -0.4 is 0 Å². The average Bonchev–Trinajstić information content (AvgIpc) is 3.40. The molecule has 4 rings (SSSR count). The lowest BCUT2D eigenvalue weighted by Crippen LogP contribution is -2.48. The van der Waals surface area contributed by atoms with Gasteiger partial charge in [-0.2, -0.15) is 4.31 Å². The zero-order valence-corrected chi connectivity index (χ0v) is 20.7. The minimum Gasteiger partial charge on any atom is -0.467 e. The smallest absolute Gasteiger partial charge is 0.254 e. The summed E-state index contributed by atoms with van der Waals surface area (Å²) in [5.74, 6) is 0.370. The standard InChI is InChI=1S/C26H31N3O5S/c1-33-18-16-28(21-24-10-6-17-34-24)26(30)23-9-5-11-25(19-23)35(31,32)29-14-12-27(13-15-29)20-22-7-3-2-4-8-22/h2-11,17,19H,12-16,18,20-21H2,1H3. The average molecular weight is 498 g/mol. The van der Waals surface area contributed by atoms with Crippen LogP contribution in [0.15, 0.2) is 82.3 Å². The largest absolute Gasteiger partial charge is 0.467 e. The third kappa shape index (κ3) is 6.37. The minimum atomic E-state index is -3.71. The van der Waals surface area contributed by atoms with Gasteiger partial charge in [-0.05, 0) is 35.9 Å². The van der Waals surface area contributed by atoms with Gasteiger partial charge in [0.15, 0.2) is 0 Å². The van der Waals surface area contributed by atoms with Crippen LogP contribution in [-0.2, 0) is 27.8 Å². The molecular formula is C26H31N3O5S. The van der Waals surface area contributed by atoms with Crippen molar-refractivity contribution < 1.29 is 22.4 Å². The lowest BCUT2D eigenvalue weighted by atomic mass is 10.2. The molecule has 0 N–H and O–H groups in total. The topological polar surface area (TPSA) is 83.3 Å². The van der Waals surface area contributed by atoms with E-state index in [1.165, 1.54) is 15.9 Å². The molecule has 0 spiro atoms. The third-order valence-corrected chi connectivity index (χ3v) is 7.97. The Morgan fingerprint density at radius 3 is 2.46 bits per heavy atom. The zero-order chi connectivity index (χ0) is 24.7. The van der Waals surface area contributed by atoms with E-state index >= 15 is 0 Å². The lowest BCUT2D eigenvalue weighted by molar-refractivity contribution is 0.0666. The summed E-state index contributed by atoms with van der Waals surface area (Å²) in [5.41, 5.74) is 1.53. The molecule has 35 heavy (non-hydrogen) atoms. The molecule has 8 nitrogen and oxygen atoms in total. The minimum absolute atomic E-state index is 0.129. The number of benzene rings is 2. The number of nitrogens with zero attached hydrogens (tertiary/aromatic N) is 3. The Morgan fingerprint density at radius 1 is 1.00 bits per heavy atom. The van der Waals surface area contributed by atoms with E-state index in [1.54, 1.807) is 48.6 Å². The molecule has 0 radical (unpaired) electrons. The monoisotopic (exact) mass is 497 g/mol. The second-order valence-electron chi connectivity index (χ2n) is 8.49. The second-order valence-corrected chi connectivity index (χ2v) is 10.4. The van der Waals surface area contributed by atoms with E-state index in [-0.39, 0.29) is 17.3 Å². The van der Waals surface area contributed by atoms with Crippen LogP contribution in [0.3, 0.4) is 0 Å². The maximum absolute atomic E-state index is 13.4. The molecule has 1 aliphatic rings. The van der Waals surface area contributed by atoms with E-state index in [9.17, 15) is 13.2 Å². The number of ether oxygens (including phenoxy) is 1. The summed E-state index contributed by atoms with van der Waals surface area (Å²) in [6, 6.07) is 20.0. The predicted octanol–water partition coefficient (Wildman–Crippen LogP) is 3.07. The van der Waals surface area contributed by atoms with Crippen LogP contribution in [0.2, 0.25) is 0 Å². The van der Waals surface area contributed by atoms with E-state index < -0.39 is 10.0 Å². The number of amides is 1. The molecule has 186 valence electrons. The molecule has 0 saturated carbocycles. The Labute approximate surface area is 206 Å². The first-order chi connectivity index (χ1) is 17.0. The van der Waals surface area contributed by atoms with E-state index in [2.05, 4.69) is 17.0 Å². The Hall–Kier alpha value is -2.98. The molecule has 3 aromatic rings. The number of methoxy groups -OCH3 is 1. The van der Waals surface area contributed by atoms with Gasteiger partial charge in [0.2, 0.25) is 10.0 Å². The molecule has 9 heteroatoms. The number of hydrogen-bond donors (Lipinski definition) is 0. The van der Waals surface area contributed by atoms with Crippen LogP contribution in [0.4, 0.5) is 0 Å². The Morgan fingerprint density at radius 2 is 1.77 bits per heavy atom. The van der Waals surface area contributed by atoms with E-state index in [0.717, 1.165) is 6.54 Å². The van der Waals surface area contributed by atoms with Crippen LogP contribution in [0, 0.1) is 0 Å². The van der Waals surface area contributed by atoms with Gasteiger partial charge >= 0.3 is 0 Å². The van der Waals surface area contributed by atoms with E-state index in [1.807, 2.05) is 18.2 Å². The highest BCUT2D eigenvalue weighted by molar-refractivity contribution is 7.89. The molecule has 1 aromatic heterocycles. The number of rotatable bonds is 10. The van der Waals surface area contributed by atoms with Gasteiger partial charge in [-0.15, -0.1) is 0 Å². The molecule has 2 heterocycles. The maximum atomic E-state index is 13.4. The van der Waals surface area contributed by atoms with Gasteiger partial charge in [0.25, 0.3) is 5.91 Å². The molecule has 0 aliphatic carbocycles. The first kappa shape index (κ1) is 25.1. The van der Waals surface area contributed by atoms with Crippen molar-refractivity contribution in [3.8, 4) is 0 Å². The first-order valence-electron chi connectivity index (χ1n) is 11.6. The third-order valence-electron chi connectivity index (χ3n) is 6.08. The van der Waals surface area contributed by atoms with Gasteiger partial charge in [0, 0.05) is 51.9 Å².